The first kappa shape index (κ1) is 21.3. The van der Waals surface area contributed by atoms with Crippen LogP contribution in [-0.2, 0) is 9.84 Å². The van der Waals surface area contributed by atoms with Gasteiger partial charge in [-0.1, -0.05) is 11.6 Å². The second-order valence-corrected chi connectivity index (χ2v) is 10.6. The topological polar surface area (TPSA) is 72.4 Å². The molecular weight excluding hydrogens is 429 g/mol. The van der Waals surface area contributed by atoms with Gasteiger partial charge in [0.15, 0.2) is 21.4 Å². The summed E-state index contributed by atoms with van der Waals surface area (Å²) in [6.45, 7) is 2.33. The first-order chi connectivity index (χ1) is 14.3. The molecule has 2 fully saturated rings. The van der Waals surface area contributed by atoms with Gasteiger partial charge >= 0.3 is 0 Å². The molecule has 0 radical (unpaired) electrons. The average molecular weight is 454 g/mol. The minimum Gasteiger partial charge on any atom is -0.491 e. The van der Waals surface area contributed by atoms with E-state index < -0.39 is 15.7 Å². The van der Waals surface area contributed by atoms with Crippen molar-refractivity contribution in [1.29, 1.82) is 0 Å². The van der Waals surface area contributed by atoms with Gasteiger partial charge in [0.1, 0.15) is 0 Å². The van der Waals surface area contributed by atoms with E-state index in [1.807, 2.05) is 0 Å². The Balaban J connectivity index is 1.20. The maximum absolute atomic E-state index is 14.1. The number of hydrogen-bond donors (Lipinski definition) is 0. The fraction of sp³-hybridized carbons (Fsp3) is 0.524. The summed E-state index contributed by atoms with van der Waals surface area (Å²) in [6.07, 6.45) is 8.64. The molecule has 9 heteroatoms. The Labute approximate surface area is 181 Å². The van der Waals surface area contributed by atoms with Crippen molar-refractivity contribution in [3.05, 3.63) is 41.4 Å². The zero-order valence-electron chi connectivity index (χ0n) is 16.8. The Bertz CT molecular complexity index is 995. The second-order valence-electron chi connectivity index (χ2n) is 8.19. The summed E-state index contributed by atoms with van der Waals surface area (Å²) in [5.41, 5.74) is 0. The Morgan fingerprint density at radius 3 is 2.57 bits per heavy atom. The van der Waals surface area contributed by atoms with Crippen molar-refractivity contribution in [3.8, 4) is 5.75 Å². The maximum atomic E-state index is 14.1. The smallest absolute Gasteiger partial charge is 0.225 e. The SMILES string of the molecule is CS(=O)(=O)c1ccc(OCC[C@@H]2C[C@H]2C2CCN(c3ncc(Cl)cn3)CC2)c(F)c1. The molecule has 30 heavy (non-hydrogen) atoms. The molecule has 162 valence electrons. The van der Waals surface area contributed by atoms with E-state index in [2.05, 4.69) is 14.9 Å². The molecule has 6 nitrogen and oxygen atoms in total. The normalized spacial score (nSPS) is 22.2. The highest BCUT2D eigenvalue weighted by atomic mass is 35.5. The number of benzene rings is 1. The van der Waals surface area contributed by atoms with Gasteiger partial charge in [0.25, 0.3) is 0 Å². The molecule has 2 aromatic rings. The van der Waals surface area contributed by atoms with Crippen LogP contribution in [0.5, 0.6) is 5.75 Å². The van der Waals surface area contributed by atoms with Crippen LogP contribution in [0.4, 0.5) is 10.3 Å². The highest BCUT2D eigenvalue weighted by Gasteiger charge is 2.43. The Morgan fingerprint density at radius 2 is 1.93 bits per heavy atom. The van der Waals surface area contributed by atoms with Crippen LogP contribution in [0.15, 0.2) is 35.5 Å². The quantitative estimate of drug-likeness (QED) is 0.631. The average Bonchev–Trinajstić information content (AvgIpc) is 3.49. The van der Waals surface area contributed by atoms with E-state index in [4.69, 9.17) is 16.3 Å². The van der Waals surface area contributed by atoms with Crippen molar-refractivity contribution in [2.45, 2.75) is 30.6 Å². The van der Waals surface area contributed by atoms with Crippen molar-refractivity contribution in [2.24, 2.45) is 17.8 Å². The van der Waals surface area contributed by atoms with Crippen molar-refractivity contribution >= 4 is 27.4 Å². The minimum absolute atomic E-state index is 0.0371. The lowest BCUT2D eigenvalue weighted by Gasteiger charge is -2.32. The predicted molar refractivity (Wildman–Crippen MR) is 113 cm³/mol. The lowest BCUT2D eigenvalue weighted by atomic mass is 9.90. The van der Waals surface area contributed by atoms with E-state index in [0.717, 1.165) is 50.6 Å². The molecule has 0 amide bonds. The number of ether oxygens (including phenoxy) is 1. The Kier molecular flexibility index (Phi) is 6.16. The molecule has 2 atom stereocenters. The second kappa shape index (κ2) is 8.67. The van der Waals surface area contributed by atoms with Gasteiger partial charge in [-0.15, -0.1) is 0 Å². The summed E-state index contributed by atoms with van der Waals surface area (Å²) >= 11 is 5.86. The van der Waals surface area contributed by atoms with Crippen LogP contribution >= 0.6 is 11.6 Å². The van der Waals surface area contributed by atoms with Crippen LogP contribution in [0.1, 0.15) is 25.7 Å². The highest BCUT2D eigenvalue weighted by Crippen LogP contribution is 2.49. The van der Waals surface area contributed by atoms with Crippen LogP contribution < -0.4 is 9.64 Å². The van der Waals surface area contributed by atoms with Crippen molar-refractivity contribution < 1.29 is 17.5 Å². The monoisotopic (exact) mass is 453 g/mol. The number of piperidine rings is 1. The van der Waals surface area contributed by atoms with E-state index in [0.29, 0.717) is 29.4 Å². The third-order valence-electron chi connectivity index (χ3n) is 6.09. The van der Waals surface area contributed by atoms with Crippen LogP contribution in [-0.4, -0.2) is 44.3 Å². The summed E-state index contributed by atoms with van der Waals surface area (Å²) < 4.78 is 42.6. The summed E-state index contributed by atoms with van der Waals surface area (Å²) in [5.74, 6) is 2.23. The number of rotatable bonds is 7. The van der Waals surface area contributed by atoms with Gasteiger partial charge in [0, 0.05) is 19.3 Å². The summed E-state index contributed by atoms with van der Waals surface area (Å²) in [6, 6.07) is 3.79. The van der Waals surface area contributed by atoms with Gasteiger partial charge in [0.05, 0.1) is 28.9 Å². The molecule has 2 heterocycles. The predicted octanol–water partition coefficient (Wildman–Crippen LogP) is 3.99. The third-order valence-corrected chi connectivity index (χ3v) is 7.40. The fourth-order valence-corrected chi connectivity index (χ4v) is 5.06. The summed E-state index contributed by atoms with van der Waals surface area (Å²) in [7, 11) is -3.42. The fourth-order valence-electron chi connectivity index (χ4n) is 4.33. The molecule has 1 aromatic heterocycles. The van der Waals surface area contributed by atoms with E-state index in [9.17, 15) is 12.8 Å². The molecular formula is C21H25ClFN3O3S. The van der Waals surface area contributed by atoms with Crippen LogP contribution in [0, 0.1) is 23.6 Å². The Hall–Kier alpha value is -1.93. The molecule has 1 saturated heterocycles. The lowest BCUT2D eigenvalue weighted by molar-refractivity contribution is 0.273. The largest absolute Gasteiger partial charge is 0.491 e. The third kappa shape index (κ3) is 5.03. The molecule has 0 unspecified atom stereocenters. The maximum Gasteiger partial charge on any atom is 0.225 e. The molecule has 2 aliphatic rings. The standard InChI is InChI=1S/C21H25ClFN3O3S/c1-30(27,28)17-2-3-20(19(23)11-17)29-9-6-15-10-18(15)14-4-7-26(8-5-14)21-24-12-16(22)13-25-21/h2-3,11-15,18H,4-10H2,1H3/t15-,18+/m1/s1. The summed E-state index contributed by atoms with van der Waals surface area (Å²) in [4.78, 5) is 10.8. The number of anilines is 1. The van der Waals surface area contributed by atoms with E-state index in [-0.39, 0.29) is 10.6 Å². The number of aromatic nitrogens is 2. The Morgan fingerprint density at radius 1 is 1.23 bits per heavy atom. The first-order valence-corrected chi connectivity index (χ1v) is 12.4. The lowest BCUT2D eigenvalue weighted by Crippen LogP contribution is -2.35. The van der Waals surface area contributed by atoms with Crippen molar-refractivity contribution in [1.82, 2.24) is 9.97 Å². The molecule has 0 spiro atoms. The van der Waals surface area contributed by atoms with Gasteiger partial charge in [-0.05, 0) is 61.6 Å². The zero-order valence-corrected chi connectivity index (χ0v) is 18.4. The highest BCUT2D eigenvalue weighted by molar-refractivity contribution is 7.90. The van der Waals surface area contributed by atoms with Gasteiger partial charge < -0.3 is 9.64 Å². The van der Waals surface area contributed by atoms with Crippen molar-refractivity contribution in [3.63, 3.8) is 0 Å². The van der Waals surface area contributed by atoms with E-state index >= 15 is 0 Å². The van der Waals surface area contributed by atoms with Crippen LogP contribution in [0.25, 0.3) is 0 Å². The minimum atomic E-state index is -3.42. The first-order valence-electron chi connectivity index (χ1n) is 10.2. The van der Waals surface area contributed by atoms with Crippen molar-refractivity contribution in [2.75, 3.05) is 30.9 Å². The van der Waals surface area contributed by atoms with Gasteiger partial charge in [-0.25, -0.2) is 22.8 Å². The van der Waals surface area contributed by atoms with Crippen LogP contribution in [0.2, 0.25) is 5.02 Å². The molecule has 1 aromatic carbocycles. The number of halogens is 2. The molecule has 0 bridgehead atoms. The number of sulfone groups is 1. The number of nitrogens with zero attached hydrogens (tertiary/aromatic N) is 3. The van der Waals surface area contributed by atoms with Gasteiger partial charge in [0.2, 0.25) is 5.95 Å². The molecule has 1 aliphatic heterocycles. The molecule has 1 saturated carbocycles. The molecule has 4 rings (SSSR count). The zero-order chi connectivity index (χ0) is 21.3. The molecule has 1 aliphatic carbocycles. The van der Waals surface area contributed by atoms with E-state index in [1.54, 1.807) is 12.4 Å². The molecule has 0 N–H and O–H groups in total. The van der Waals surface area contributed by atoms with Crippen LogP contribution in [0.3, 0.4) is 0 Å². The number of hydrogen-bond acceptors (Lipinski definition) is 6. The van der Waals surface area contributed by atoms with E-state index in [1.165, 1.54) is 18.6 Å². The summed E-state index contributed by atoms with van der Waals surface area (Å²) in [5, 5.41) is 0.544. The van der Waals surface area contributed by atoms with Gasteiger partial charge in [-0.2, -0.15) is 0 Å². The van der Waals surface area contributed by atoms with Gasteiger partial charge in [-0.3, -0.25) is 0 Å².